The molecule has 30 heavy (non-hydrogen) atoms. The lowest BCUT2D eigenvalue weighted by Gasteiger charge is -2.11. The van der Waals surface area contributed by atoms with Gasteiger partial charge in [0.05, 0.1) is 0 Å². The molecule has 4 aromatic rings. The SMILES string of the molecule is Cc1ccccc1OCC(=O)NC(=S)Nc1ccc(-c2nc3ncccc3o2)cc1. The second-order valence-electron chi connectivity index (χ2n) is 6.48. The van der Waals surface area contributed by atoms with Crippen molar-refractivity contribution in [3.63, 3.8) is 0 Å². The molecule has 8 heteroatoms. The number of ether oxygens (including phenoxy) is 1. The molecule has 0 aliphatic carbocycles. The molecule has 0 unspecified atom stereocenters. The molecular weight excluding hydrogens is 400 g/mol. The number of pyridine rings is 1. The Morgan fingerprint density at radius 3 is 2.67 bits per heavy atom. The standard InChI is InChI=1S/C22H18N4O3S/c1-14-5-2-3-6-17(14)28-13-19(27)25-22(30)24-16-10-8-15(9-11-16)21-26-20-18(29-21)7-4-12-23-20/h2-12H,13H2,1H3,(H2,24,25,27,30). The number of oxazole rings is 1. The van der Waals surface area contributed by atoms with Gasteiger partial charge in [0.15, 0.2) is 22.9 Å². The van der Waals surface area contributed by atoms with E-state index in [1.54, 1.807) is 12.3 Å². The highest BCUT2D eigenvalue weighted by Gasteiger charge is 2.10. The van der Waals surface area contributed by atoms with E-state index in [4.69, 9.17) is 21.4 Å². The van der Waals surface area contributed by atoms with E-state index in [9.17, 15) is 4.79 Å². The Hall–Kier alpha value is -3.78. The molecule has 7 nitrogen and oxygen atoms in total. The molecule has 4 rings (SSSR count). The van der Waals surface area contributed by atoms with Crippen LogP contribution in [-0.2, 0) is 4.79 Å². The second kappa shape index (κ2) is 8.71. The average Bonchev–Trinajstić information content (AvgIpc) is 3.18. The van der Waals surface area contributed by atoms with Crippen molar-refractivity contribution in [1.82, 2.24) is 15.3 Å². The number of aromatic nitrogens is 2. The summed E-state index contributed by atoms with van der Waals surface area (Å²) in [6.45, 7) is 1.79. The van der Waals surface area contributed by atoms with Crippen LogP contribution in [0.25, 0.3) is 22.7 Å². The number of anilines is 1. The van der Waals surface area contributed by atoms with Crippen molar-refractivity contribution in [3.05, 3.63) is 72.4 Å². The molecule has 1 amide bonds. The Kier molecular flexibility index (Phi) is 5.67. The first-order valence-corrected chi connectivity index (χ1v) is 9.60. The highest BCUT2D eigenvalue weighted by molar-refractivity contribution is 7.80. The number of para-hydroxylation sites is 1. The zero-order chi connectivity index (χ0) is 20.9. The summed E-state index contributed by atoms with van der Waals surface area (Å²) in [4.78, 5) is 20.6. The molecule has 0 atom stereocenters. The van der Waals surface area contributed by atoms with Gasteiger partial charge in [0.1, 0.15) is 5.75 Å². The quantitative estimate of drug-likeness (QED) is 0.472. The molecule has 0 aliphatic heterocycles. The van der Waals surface area contributed by atoms with Crippen LogP contribution in [0.3, 0.4) is 0 Å². The molecule has 0 bridgehead atoms. The van der Waals surface area contributed by atoms with E-state index >= 15 is 0 Å². The van der Waals surface area contributed by atoms with Gasteiger partial charge in [-0.25, -0.2) is 4.98 Å². The monoisotopic (exact) mass is 418 g/mol. The summed E-state index contributed by atoms with van der Waals surface area (Å²) in [5.41, 5.74) is 3.68. The van der Waals surface area contributed by atoms with Crippen LogP contribution in [0.1, 0.15) is 5.56 Å². The van der Waals surface area contributed by atoms with Gasteiger partial charge in [-0.3, -0.25) is 10.1 Å². The van der Waals surface area contributed by atoms with Crippen LogP contribution < -0.4 is 15.4 Å². The first kappa shape index (κ1) is 19.5. The zero-order valence-electron chi connectivity index (χ0n) is 16.1. The number of nitrogens with zero attached hydrogens (tertiary/aromatic N) is 2. The van der Waals surface area contributed by atoms with E-state index in [0.29, 0.717) is 22.9 Å². The van der Waals surface area contributed by atoms with E-state index in [1.807, 2.05) is 61.5 Å². The average molecular weight is 418 g/mol. The number of hydrogen-bond acceptors (Lipinski definition) is 6. The smallest absolute Gasteiger partial charge is 0.264 e. The summed E-state index contributed by atoms with van der Waals surface area (Å²) in [5.74, 6) is 0.808. The van der Waals surface area contributed by atoms with Crippen LogP contribution in [0.4, 0.5) is 5.69 Å². The van der Waals surface area contributed by atoms with Gasteiger partial charge < -0.3 is 14.5 Å². The molecule has 0 saturated heterocycles. The van der Waals surface area contributed by atoms with E-state index in [-0.39, 0.29) is 17.6 Å². The van der Waals surface area contributed by atoms with E-state index in [0.717, 1.165) is 16.8 Å². The van der Waals surface area contributed by atoms with E-state index in [2.05, 4.69) is 20.6 Å². The molecule has 150 valence electrons. The molecule has 0 aliphatic rings. The highest BCUT2D eigenvalue weighted by Crippen LogP contribution is 2.24. The van der Waals surface area contributed by atoms with Crippen molar-refractivity contribution in [2.45, 2.75) is 6.92 Å². The summed E-state index contributed by atoms with van der Waals surface area (Å²) in [6, 6.07) is 18.4. The number of benzene rings is 2. The summed E-state index contributed by atoms with van der Waals surface area (Å²) in [6.07, 6.45) is 1.67. The molecule has 2 N–H and O–H groups in total. The third kappa shape index (κ3) is 4.61. The second-order valence-corrected chi connectivity index (χ2v) is 6.89. The Labute approximate surface area is 178 Å². The number of amides is 1. The van der Waals surface area contributed by atoms with E-state index in [1.165, 1.54) is 0 Å². The van der Waals surface area contributed by atoms with Gasteiger partial charge >= 0.3 is 0 Å². The van der Waals surface area contributed by atoms with Gasteiger partial charge in [0.25, 0.3) is 5.91 Å². The predicted molar refractivity (Wildman–Crippen MR) is 118 cm³/mol. The minimum absolute atomic E-state index is 0.128. The van der Waals surface area contributed by atoms with Gasteiger partial charge in [-0.2, -0.15) is 4.98 Å². The molecule has 2 aromatic carbocycles. The van der Waals surface area contributed by atoms with Crippen LogP contribution in [0.2, 0.25) is 0 Å². The molecule has 0 radical (unpaired) electrons. The Morgan fingerprint density at radius 2 is 1.90 bits per heavy atom. The van der Waals surface area contributed by atoms with Crippen molar-refractivity contribution in [2.24, 2.45) is 0 Å². The Bertz CT molecular complexity index is 1170. The molecular formula is C22H18N4O3S. The number of carbonyl (C=O) groups is 1. The number of thiocarbonyl (C=S) groups is 1. The van der Waals surface area contributed by atoms with Crippen molar-refractivity contribution < 1.29 is 13.9 Å². The van der Waals surface area contributed by atoms with Crippen LogP contribution in [0, 0.1) is 6.92 Å². The highest BCUT2D eigenvalue weighted by atomic mass is 32.1. The first-order valence-electron chi connectivity index (χ1n) is 9.20. The predicted octanol–water partition coefficient (Wildman–Crippen LogP) is 4.09. The van der Waals surface area contributed by atoms with Gasteiger partial charge in [-0.1, -0.05) is 18.2 Å². The molecule has 0 spiro atoms. The van der Waals surface area contributed by atoms with Crippen LogP contribution >= 0.6 is 12.2 Å². The number of nitrogens with one attached hydrogen (secondary N) is 2. The number of aryl methyl sites for hydroxylation is 1. The number of carbonyl (C=O) groups excluding carboxylic acids is 1. The van der Waals surface area contributed by atoms with Crippen molar-refractivity contribution in [1.29, 1.82) is 0 Å². The minimum atomic E-state index is -0.341. The van der Waals surface area contributed by atoms with Crippen LogP contribution in [0.5, 0.6) is 5.75 Å². The lowest BCUT2D eigenvalue weighted by atomic mass is 10.2. The maximum atomic E-state index is 12.1. The fourth-order valence-corrected chi connectivity index (χ4v) is 3.01. The Balaban J connectivity index is 1.32. The number of rotatable bonds is 5. The molecule has 0 fully saturated rings. The summed E-state index contributed by atoms with van der Waals surface area (Å²) in [7, 11) is 0. The molecule has 2 aromatic heterocycles. The van der Waals surface area contributed by atoms with Gasteiger partial charge in [-0.15, -0.1) is 0 Å². The van der Waals surface area contributed by atoms with Crippen molar-refractivity contribution in [3.8, 4) is 17.2 Å². The van der Waals surface area contributed by atoms with Crippen LogP contribution in [-0.4, -0.2) is 27.6 Å². The topological polar surface area (TPSA) is 89.3 Å². The molecule has 0 saturated carbocycles. The lowest BCUT2D eigenvalue weighted by molar-refractivity contribution is -0.121. The van der Waals surface area contributed by atoms with Crippen LogP contribution in [0.15, 0.2) is 71.3 Å². The first-order chi connectivity index (χ1) is 14.6. The fraction of sp³-hybridized carbons (Fsp3) is 0.0909. The number of fused-ring (bicyclic) bond motifs is 1. The Morgan fingerprint density at radius 1 is 1.10 bits per heavy atom. The van der Waals surface area contributed by atoms with Gasteiger partial charge in [-0.05, 0) is 67.2 Å². The van der Waals surface area contributed by atoms with E-state index < -0.39 is 0 Å². The summed E-state index contributed by atoms with van der Waals surface area (Å²) in [5, 5.41) is 5.75. The largest absolute Gasteiger partial charge is 0.483 e. The third-order valence-corrected chi connectivity index (χ3v) is 4.46. The lowest BCUT2D eigenvalue weighted by Crippen LogP contribution is -2.37. The van der Waals surface area contributed by atoms with Crippen molar-refractivity contribution >= 4 is 40.2 Å². The zero-order valence-corrected chi connectivity index (χ0v) is 16.9. The van der Waals surface area contributed by atoms with Gasteiger partial charge in [0, 0.05) is 17.4 Å². The third-order valence-electron chi connectivity index (χ3n) is 4.26. The maximum absolute atomic E-state index is 12.1. The van der Waals surface area contributed by atoms with Gasteiger partial charge in [0.2, 0.25) is 5.89 Å². The fourth-order valence-electron chi connectivity index (χ4n) is 2.78. The summed E-state index contributed by atoms with van der Waals surface area (Å²) < 4.78 is 11.2. The number of hydrogen-bond donors (Lipinski definition) is 2. The van der Waals surface area contributed by atoms with Crippen molar-refractivity contribution in [2.75, 3.05) is 11.9 Å². The summed E-state index contributed by atoms with van der Waals surface area (Å²) >= 11 is 5.20. The molecule has 2 heterocycles. The maximum Gasteiger partial charge on any atom is 0.264 e. The minimum Gasteiger partial charge on any atom is -0.483 e. The normalized spacial score (nSPS) is 10.6.